The number of halogens is 1. The van der Waals surface area contributed by atoms with Gasteiger partial charge in [-0.25, -0.2) is 12.8 Å². The first-order valence-electron chi connectivity index (χ1n) is 10.3. The predicted octanol–water partition coefficient (Wildman–Crippen LogP) is 4.10. The Kier molecular flexibility index (Phi) is 7.10. The zero-order chi connectivity index (χ0) is 21.7. The number of hydrogen-bond donors (Lipinski definition) is 1. The molecule has 1 N–H and O–H groups in total. The van der Waals surface area contributed by atoms with Gasteiger partial charge in [-0.05, 0) is 61.7 Å². The quantitative estimate of drug-likeness (QED) is 0.714. The fourth-order valence-corrected chi connectivity index (χ4v) is 5.20. The van der Waals surface area contributed by atoms with Crippen LogP contribution in [-0.4, -0.2) is 44.8 Å². The Morgan fingerprint density at radius 3 is 2.27 bits per heavy atom. The summed E-state index contributed by atoms with van der Waals surface area (Å²) in [7, 11) is -4.01. The highest BCUT2D eigenvalue weighted by Gasteiger charge is 2.26. The molecular weight excluding hydrogens is 405 g/mol. The summed E-state index contributed by atoms with van der Waals surface area (Å²) in [6.07, 6.45) is 3.62. The lowest BCUT2D eigenvalue weighted by Gasteiger charge is -2.28. The lowest BCUT2D eigenvalue weighted by atomic mass is 10.1. The first kappa shape index (κ1) is 22.2. The van der Waals surface area contributed by atoms with Crippen molar-refractivity contribution in [3.8, 4) is 0 Å². The van der Waals surface area contributed by atoms with Gasteiger partial charge in [0.25, 0.3) is 5.91 Å². The molecule has 0 atom stereocenters. The molecule has 0 unspecified atom stereocenters. The van der Waals surface area contributed by atoms with Crippen molar-refractivity contribution >= 4 is 27.3 Å². The van der Waals surface area contributed by atoms with Gasteiger partial charge in [0.15, 0.2) is 0 Å². The molecule has 1 aliphatic rings. The minimum Gasteiger partial charge on any atom is -0.372 e. The van der Waals surface area contributed by atoms with Gasteiger partial charge in [-0.15, -0.1) is 0 Å². The number of carbonyl (C=O) groups is 1. The maximum atomic E-state index is 14.3. The third kappa shape index (κ3) is 4.82. The van der Waals surface area contributed by atoms with Crippen LogP contribution in [0.3, 0.4) is 0 Å². The summed E-state index contributed by atoms with van der Waals surface area (Å²) in [5.74, 6) is -1.36. The standard InChI is InChI=1S/C22H28FN3O3S/c1-3-26(4-2)30(28,29)21-16-17(8-13-20(21)23)22(27)24-18-9-11-19(12-10-18)25-14-6-5-7-15-25/h8-13,16H,3-7,14-15H2,1-2H3,(H,24,27). The highest BCUT2D eigenvalue weighted by Crippen LogP contribution is 2.24. The van der Waals surface area contributed by atoms with Gasteiger partial charge >= 0.3 is 0 Å². The highest BCUT2D eigenvalue weighted by molar-refractivity contribution is 7.89. The molecule has 1 saturated heterocycles. The van der Waals surface area contributed by atoms with E-state index in [0.29, 0.717) is 5.69 Å². The second-order valence-electron chi connectivity index (χ2n) is 7.28. The van der Waals surface area contributed by atoms with Crippen molar-refractivity contribution in [3.63, 3.8) is 0 Å². The Morgan fingerprint density at radius 1 is 1.03 bits per heavy atom. The number of hydrogen-bond acceptors (Lipinski definition) is 4. The molecule has 1 fully saturated rings. The van der Waals surface area contributed by atoms with Crippen LogP contribution in [-0.2, 0) is 10.0 Å². The van der Waals surface area contributed by atoms with E-state index in [1.807, 2.05) is 24.3 Å². The number of benzene rings is 2. The Bertz CT molecular complexity index is 983. The fraction of sp³-hybridized carbons (Fsp3) is 0.409. The van der Waals surface area contributed by atoms with Gasteiger partial charge in [-0.1, -0.05) is 13.8 Å². The number of amides is 1. The molecule has 3 rings (SSSR count). The van der Waals surface area contributed by atoms with Gasteiger partial charge in [0.05, 0.1) is 0 Å². The molecule has 0 saturated carbocycles. The average molecular weight is 434 g/mol. The van der Waals surface area contributed by atoms with E-state index in [0.717, 1.165) is 35.2 Å². The second-order valence-corrected chi connectivity index (χ2v) is 9.19. The fourth-order valence-electron chi connectivity index (χ4n) is 3.66. The van der Waals surface area contributed by atoms with Crippen molar-refractivity contribution in [1.82, 2.24) is 4.31 Å². The summed E-state index contributed by atoms with van der Waals surface area (Å²) in [6.45, 7) is 5.87. The molecule has 8 heteroatoms. The Morgan fingerprint density at radius 2 is 1.67 bits per heavy atom. The van der Waals surface area contributed by atoms with Crippen molar-refractivity contribution in [2.45, 2.75) is 38.0 Å². The van der Waals surface area contributed by atoms with Crippen molar-refractivity contribution in [1.29, 1.82) is 0 Å². The average Bonchev–Trinajstić information content (AvgIpc) is 2.75. The number of piperidine rings is 1. The Labute approximate surface area is 177 Å². The van der Waals surface area contributed by atoms with Gasteiger partial charge in [-0.3, -0.25) is 4.79 Å². The predicted molar refractivity (Wildman–Crippen MR) is 117 cm³/mol. The number of anilines is 2. The van der Waals surface area contributed by atoms with Crippen LogP contribution in [0.2, 0.25) is 0 Å². The molecule has 0 radical (unpaired) electrons. The minimum atomic E-state index is -4.01. The van der Waals surface area contributed by atoms with E-state index in [2.05, 4.69) is 10.2 Å². The minimum absolute atomic E-state index is 0.0854. The number of carbonyl (C=O) groups excluding carboxylic acids is 1. The molecule has 2 aromatic carbocycles. The SMILES string of the molecule is CCN(CC)S(=O)(=O)c1cc(C(=O)Nc2ccc(N3CCCCC3)cc2)ccc1F. The number of nitrogens with zero attached hydrogens (tertiary/aromatic N) is 2. The van der Waals surface area contributed by atoms with Crippen molar-refractivity contribution in [2.24, 2.45) is 0 Å². The van der Waals surface area contributed by atoms with Crippen molar-refractivity contribution in [2.75, 3.05) is 36.4 Å². The van der Waals surface area contributed by atoms with Crippen LogP contribution in [0.1, 0.15) is 43.5 Å². The summed E-state index contributed by atoms with van der Waals surface area (Å²) < 4.78 is 40.8. The van der Waals surface area contributed by atoms with Crippen LogP contribution in [0.25, 0.3) is 0 Å². The van der Waals surface area contributed by atoms with E-state index in [-0.39, 0.29) is 18.7 Å². The first-order valence-corrected chi connectivity index (χ1v) is 11.8. The maximum absolute atomic E-state index is 14.3. The molecule has 162 valence electrons. The Balaban J connectivity index is 1.77. The zero-order valence-corrected chi connectivity index (χ0v) is 18.2. The molecule has 0 aliphatic carbocycles. The molecule has 1 aliphatic heterocycles. The number of rotatable bonds is 7. The second kappa shape index (κ2) is 9.57. The van der Waals surface area contributed by atoms with E-state index in [9.17, 15) is 17.6 Å². The van der Waals surface area contributed by atoms with Crippen LogP contribution in [0.5, 0.6) is 0 Å². The summed E-state index contributed by atoms with van der Waals surface area (Å²) >= 11 is 0. The van der Waals surface area contributed by atoms with Gasteiger partial charge in [0.1, 0.15) is 10.7 Å². The Hall–Kier alpha value is -2.45. The molecule has 0 spiro atoms. The van der Waals surface area contributed by atoms with E-state index in [4.69, 9.17) is 0 Å². The van der Waals surface area contributed by atoms with Crippen molar-refractivity contribution in [3.05, 3.63) is 53.8 Å². The molecule has 30 heavy (non-hydrogen) atoms. The van der Waals surface area contributed by atoms with E-state index < -0.39 is 26.6 Å². The molecule has 1 heterocycles. The molecule has 2 aromatic rings. The van der Waals surface area contributed by atoms with Gasteiger partial charge in [0, 0.05) is 43.1 Å². The zero-order valence-electron chi connectivity index (χ0n) is 17.4. The normalized spacial score (nSPS) is 14.7. The molecular formula is C22H28FN3O3S. The third-order valence-corrected chi connectivity index (χ3v) is 7.43. The number of sulfonamides is 1. The monoisotopic (exact) mass is 433 g/mol. The first-order chi connectivity index (χ1) is 14.4. The van der Waals surface area contributed by atoms with Gasteiger partial charge in [-0.2, -0.15) is 4.31 Å². The largest absolute Gasteiger partial charge is 0.372 e. The summed E-state index contributed by atoms with van der Waals surface area (Å²) in [5, 5.41) is 2.76. The lowest BCUT2D eigenvalue weighted by Crippen LogP contribution is -2.31. The summed E-state index contributed by atoms with van der Waals surface area (Å²) in [4.78, 5) is 14.5. The topological polar surface area (TPSA) is 69.7 Å². The molecule has 6 nitrogen and oxygen atoms in total. The van der Waals surface area contributed by atoms with E-state index in [1.165, 1.54) is 25.3 Å². The molecule has 0 bridgehead atoms. The third-order valence-electron chi connectivity index (χ3n) is 5.36. The van der Waals surface area contributed by atoms with Crippen LogP contribution in [0, 0.1) is 5.82 Å². The highest BCUT2D eigenvalue weighted by atomic mass is 32.2. The van der Waals surface area contributed by atoms with Crippen LogP contribution in [0.4, 0.5) is 15.8 Å². The molecule has 1 amide bonds. The van der Waals surface area contributed by atoms with E-state index >= 15 is 0 Å². The van der Waals surface area contributed by atoms with Crippen LogP contribution < -0.4 is 10.2 Å². The van der Waals surface area contributed by atoms with E-state index in [1.54, 1.807) is 13.8 Å². The van der Waals surface area contributed by atoms with Crippen LogP contribution >= 0.6 is 0 Å². The summed E-state index contributed by atoms with van der Waals surface area (Å²) in [6, 6.07) is 11.0. The molecule has 0 aromatic heterocycles. The van der Waals surface area contributed by atoms with Gasteiger partial charge < -0.3 is 10.2 Å². The smallest absolute Gasteiger partial charge is 0.255 e. The van der Waals surface area contributed by atoms with Crippen molar-refractivity contribution < 1.29 is 17.6 Å². The lowest BCUT2D eigenvalue weighted by molar-refractivity contribution is 0.102. The van der Waals surface area contributed by atoms with Gasteiger partial charge in [0.2, 0.25) is 10.0 Å². The number of nitrogens with one attached hydrogen (secondary N) is 1. The summed E-state index contributed by atoms with van der Waals surface area (Å²) in [5.41, 5.74) is 1.79. The van der Waals surface area contributed by atoms with Crippen LogP contribution in [0.15, 0.2) is 47.4 Å². The maximum Gasteiger partial charge on any atom is 0.255 e.